The summed E-state index contributed by atoms with van der Waals surface area (Å²) in [6, 6.07) is 23.5. The summed E-state index contributed by atoms with van der Waals surface area (Å²) in [5.74, 6) is 2.67. The number of carbonyl (C=O) groups is 1. The lowest BCUT2D eigenvalue weighted by Gasteiger charge is -2.34. The Morgan fingerprint density at radius 1 is 0.976 bits per heavy atom. The van der Waals surface area contributed by atoms with Crippen molar-refractivity contribution in [3.63, 3.8) is 0 Å². The smallest absolute Gasteiger partial charge is 0.410 e. The number of rotatable bonds is 9. The maximum absolute atomic E-state index is 12.7. The van der Waals surface area contributed by atoms with E-state index in [9.17, 15) is 4.79 Å². The second kappa shape index (κ2) is 12.9. The summed E-state index contributed by atoms with van der Waals surface area (Å²) in [6.07, 6.45) is 2.73. The standard InChI is InChI=1S/C33H38ClN3O4/c1-33(2,3)41-32(38)36-19-8-11-24(21-36)18-20-37-28-12-7-13-29(40-22-25-9-5-4-6-10-25)31(28)35-30(37)23-39-27-16-14-26(34)15-17-27/h4-7,9-10,12-17,24H,8,11,18-23H2,1-3H3/t24-/m0/s1. The van der Waals surface area contributed by atoms with Gasteiger partial charge in [-0.3, -0.25) is 0 Å². The number of nitrogens with zero attached hydrogens (tertiary/aromatic N) is 3. The number of benzene rings is 3. The fourth-order valence-electron chi connectivity index (χ4n) is 5.16. The van der Waals surface area contributed by atoms with Crippen LogP contribution >= 0.6 is 11.6 Å². The van der Waals surface area contributed by atoms with E-state index in [1.807, 2.05) is 80.3 Å². The van der Waals surface area contributed by atoms with Gasteiger partial charge in [0.05, 0.1) is 5.52 Å². The number of piperidine rings is 1. The SMILES string of the molecule is CC(C)(C)OC(=O)N1CCC[C@@H](CCn2c(COc3ccc(Cl)cc3)nc3c(OCc4ccccc4)cccc32)C1. The number of imidazole rings is 1. The Bertz CT molecular complexity index is 1450. The normalized spacial score (nSPS) is 15.6. The molecule has 0 bridgehead atoms. The van der Waals surface area contributed by atoms with Crippen LogP contribution in [0.4, 0.5) is 4.79 Å². The van der Waals surface area contributed by atoms with Crippen LogP contribution in [-0.4, -0.2) is 39.2 Å². The van der Waals surface area contributed by atoms with Crippen LogP contribution in [0.1, 0.15) is 51.4 Å². The van der Waals surface area contributed by atoms with Gasteiger partial charge in [0.25, 0.3) is 0 Å². The van der Waals surface area contributed by atoms with Crippen molar-refractivity contribution in [2.24, 2.45) is 5.92 Å². The monoisotopic (exact) mass is 575 g/mol. The number of para-hydroxylation sites is 1. The Morgan fingerprint density at radius 3 is 2.51 bits per heavy atom. The highest BCUT2D eigenvalue weighted by atomic mass is 35.5. The number of likely N-dealkylation sites (tertiary alicyclic amines) is 1. The molecular weight excluding hydrogens is 538 g/mol. The summed E-state index contributed by atoms with van der Waals surface area (Å²) in [4.78, 5) is 19.6. The number of hydrogen-bond acceptors (Lipinski definition) is 5. The average Bonchev–Trinajstić information content (AvgIpc) is 3.32. The van der Waals surface area contributed by atoms with Gasteiger partial charge in [0.2, 0.25) is 0 Å². The van der Waals surface area contributed by atoms with E-state index in [1.54, 1.807) is 0 Å². The van der Waals surface area contributed by atoms with Crippen LogP contribution in [0.25, 0.3) is 11.0 Å². The second-order valence-electron chi connectivity index (χ2n) is 11.5. The zero-order valence-corrected chi connectivity index (χ0v) is 24.8. The summed E-state index contributed by atoms with van der Waals surface area (Å²) in [5, 5.41) is 0.665. The molecule has 0 unspecified atom stereocenters. The summed E-state index contributed by atoms with van der Waals surface area (Å²) in [6.45, 7) is 8.68. The molecular formula is C33H38ClN3O4. The molecule has 5 rings (SSSR count). The largest absolute Gasteiger partial charge is 0.487 e. The van der Waals surface area contributed by atoms with E-state index in [2.05, 4.69) is 22.8 Å². The van der Waals surface area contributed by atoms with Crippen LogP contribution in [0.3, 0.4) is 0 Å². The molecule has 0 spiro atoms. The molecule has 41 heavy (non-hydrogen) atoms. The predicted molar refractivity (Wildman–Crippen MR) is 161 cm³/mol. The van der Waals surface area contributed by atoms with Crippen molar-refractivity contribution in [2.75, 3.05) is 13.1 Å². The van der Waals surface area contributed by atoms with Crippen LogP contribution in [0.15, 0.2) is 72.8 Å². The molecule has 4 aromatic rings. The quantitative estimate of drug-likeness (QED) is 0.203. The van der Waals surface area contributed by atoms with Gasteiger partial charge in [-0.2, -0.15) is 0 Å². The van der Waals surface area contributed by atoms with Gasteiger partial charge in [-0.25, -0.2) is 9.78 Å². The molecule has 1 atom stereocenters. The molecule has 1 aliphatic rings. The van der Waals surface area contributed by atoms with E-state index in [1.165, 1.54) is 0 Å². The van der Waals surface area contributed by atoms with Crippen molar-refractivity contribution in [3.8, 4) is 11.5 Å². The van der Waals surface area contributed by atoms with Gasteiger partial charge in [0.15, 0.2) is 0 Å². The van der Waals surface area contributed by atoms with Crippen LogP contribution in [0.5, 0.6) is 11.5 Å². The molecule has 1 saturated heterocycles. The van der Waals surface area contributed by atoms with E-state index in [4.69, 9.17) is 30.8 Å². The second-order valence-corrected chi connectivity index (χ2v) is 12.0. The third-order valence-corrected chi connectivity index (χ3v) is 7.42. The molecule has 2 heterocycles. The Hall–Kier alpha value is -3.71. The van der Waals surface area contributed by atoms with Crippen molar-refractivity contribution in [1.29, 1.82) is 0 Å². The van der Waals surface area contributed by atoms with Gasteiger partial charge in [-0.1, -0.05) is 48.0 Å². The lowest BCUT2D eigenvalue weighted by molar-refractivity contribution is 0.0159. The van der Waals surface area contributed by atoms with Gasteiger partial charge in [0.1, 0.15) is 41.7 Å². The lowest BCUT2D eigenvalue weighted by Crippen LogP contribution is -2.43. The highest BCUT2D eigenvalue weighted by Gasteiger charge is 2.28. The zero-order chi connectivity index (χ0) is 28.8. The van der Waals surface area contributed by atoms with Crippen LogP contribution in [-0.2, 0) is 24.5 Å². The molecule has 0 aliphatic carbocycles. The highest BCUT2D eigenvalue weighted by molar-refractivity contribution is 6.30. The first-order valence-corrected chi connectivity index (χ1v) is 14.6. The third kappa shape index (κ3) is 7.73. The Balaban J connectivity index is 1.35. The minimum atomic E-state index is -0.501. The van der Waals surface area contributed by atoms with E-state index >= 15 is 0 Å². The first kappa shape index (κ1) is 28.8. The molecule has 8 heteroatoms. The topological polar surface area (TPSA) is 65.8 Å². The average molecular weight is 576 g/mol. The minimum Gasteiger partial charge on any atom is -0.487 e. The summed E-state index contributed by atoms with van der Waals surface area (Å²) in [7, 11) is 0. The maximum Gasteiger partial charge on any atom is 0.410 e. The number of halogens is 1. The summed E-state index contributed by atoms with van der Waals surface area (Å²) >= 11 is 6.06. The molecule has 0 radical (unpaired) electrons. The number of carbonyl (C=O) groups excluding carboxylic acids is 1. The predicted octanol–water partition coefficient (Wildman–Crippen LogP) is 7.88. The number of amides is 1. The van der Waals surface area contributed by atoms with Gasteiger partial charge in [-0.05, 0) is 87.9 Å². The fourth-order valence-corrected chi connectivity index (χ4v) is 5.29. The van der Waals surface area contributed by atoms with Crippen LogP contribution in [0.2, 0.25) is 5.02 Å². The molecule has 1 aliphatic heterocycles. The Morgan fingerprint density at radius 2 is 1.76 bits per heavy atom. The number of ether oxygens (including phenoxy) is 3. The van der Waals surface area contributed by atoms with E-state index in [-0.39, 0.29) is 6.09 Å². The summed E-state index contributed by atoms with van der Waals surface area (Å²) < 4.78 is 20.2. The van der Waals surface area contributed by atoms with Crippen LogP contribution < -0.4 is 9.47 Å². The molecule has 0 N–H and O–H groups in total. The molecule has 216 valence electrons. The van der Waals surface area contributed by atoms with Crippen molar-refractivity contribution in [1.82, 2.24) is 14.5 Å². The third-order valence-electron chi connectivity index (χ3n) is 7.17. The summed E-state index contributed by atoms with van der Waals surface area (Å²) in [5.41, 5.74) is 2.42. The number of aromatic nitrogens is 2. The lowest BCUT2D eigenvalue weighted by atomic mass is 9.95. The molecule has 1 aromatic heterocycles. The molecule has 0 saturated carbocycles. The first-order valence-electron chi connectivity index (χ1n) is 14.3. The minimum absolute atomic E-state index is 0.229. The Labute approximate surface area is 247 Å². The molecule has 1 fully saturated rings. The number of hydrogen-bond donors (Lipinski definition) is 0. The fraction of sp³-hybridized carbons (Fsp3) is 0.394. The molecule has 7 nitrogen and oxygen atoms in total. The van der Waals surface area contributed by atoms with E-state index in [0.717, 1.165) is 66.3 Å². The van der Waals surface area contributed by atoms with E-state index in [0.29, 0.717) is 30.7 Å². The van der Waals surface area contributed by atoms with Crippen LogP contribution in [0, 0.1) is 5.92 Å². The zero-order valence-electron chi connectivity index (χ0n) is 24.0. The van der Waals surface area contributed by atoms with Crippen molar-refractivity contribution < 1.29 is 19.0 Å². The van der Waals surface area contributed by atoms with Gasteiger partial charge >= 0.3 is 6.09 Å². The molecule has 3 aromatic carbocycles. The Kier molecular flexibility index (Phi) is 9.03. The van der Waals surface area contributed by atoms with Gasteiger partial charge in [-0.15, -0.1) is 0 Å². The van der Waals surface area contributed by atoms with E-state index < -0.39 is 5.60 Å². The number of fused-ring (bicyclic) bond motifs is 1. The molecule has 1 amide bonds. The highest BCUT2D eigenvalue weighted by Crippen LogP contribution is 2.30. The van der Waals surface area contributed by atoms with Crippen molar-refractivity contribution in [2.45, 2.75) is 65.4 Å². The van der Waals surface area contributed by atoms with Crippen molar-refractivity contribution in [3.05, 3.63) is 89.2 Å². The van der Waals surface area contributed by atoms with Gasteiger partial charge in [0, 0.05) is 24.7 Å². The number of aryl methyl sites for hydroxylation is 1. The van der Waals surface area contributed by atoms with Crippen molar-refractivity contribution >= 4 is 28.7 Å². The van der Waals surface area contributed by atoms with Gasteiger partial charge < -0.3 is 23.7 Å². The maximum atomic E-state index is 12.7. The first-order chi connectivity index (χ1) is 19.7.